The van der Waals surface area contributed by atoms with E-state index in [1.807, 2.05) is 63.2 Å². The fraction of sp³-hybridized carbons (Fsp3) is 0.348. The molecule has 0 spiro atoms. The Kier molecular flexibility index (Phi) is 8.23. The summed E-state index contributed by atoms with van der Waals surface area (Å²) in [7, 11) is 0. The maximum atomic E-state index is 13.1. The minimum absolute atomic E-state index is 0.00962. The predicted molar refractivity (Wildman–Crippen MR) is 111 cm³/mol. The van der Waals surface area contributed by atoms with Gasteiger partial charge < -0.3 is 19.8 Å². The number of aromatic hydroxyl groups is 1. The summed E-state index contributed by atoms with van der Waals surface area (Å²) >= 11 is 0. The molecule has 0 fully saturated rings. The van der Waals surface area contributed by atoms with Gasteiger partial charge in [0.25, 0.3) is 0 Å². The lowest BCUT2D eigenvalue weighted by Gasteiger charge is -2.26. The number of hydrogen-bond donors (Lipinski definition) is 2. The molecule has 2 rings (SSSR count). The van der Waals surface area contributed by atoms with Crippen molar-refractivity contribution >= 4 is 11.5 Å². The van der Waals surface area contributed by atoms with Crippen molar-refractivity contribution in [1.82, 2.24) is 4.90 Å². The SMILES string of the molecule is Cc1ccc(O)c(C(=CC(=O)N(CCOCCO)C(C)C)c2ccccc2)c1. The lowest BCUT2D eigenvalue weighted by Crippen LogP contribution is -2.38. The Bertz CT molecular complexity index is 800. The van der Waals surface area contributed by atoms with E-state index in [1.165, 1.54) is 0 Å². The van der Waals surface area contributed by atoms with Crippen LogP contribution < -0.4 is 0 Å². The van der Waals surface area contributed by atoms with E-state index in [4.69, 9.17) is 9.84 Å². The number of amides is 1. The number of carbonyl (C=O) groups is 1. The van der Waals surface area contributed by atoms with Crippen LogP contribution in [0.1, 0.15) is 30.5 Å². The van der Waals surface area contributed by atoms with Gasteiger partial charge in [0.15, 0.2) is 0 Å². The molecule has 0 bridgehead atoms. The molecular formula is C23H29NO4. The summed E-state index contributed by atoms with van der Waals surface area (Å²) in [6, 6.07) is 14.9. The summed E-state index contributed by atoms with van der Waals surface area (Å²) in [5, 5.41) is 19.2. The van der Waals surface area contributed by atoms with Crippen molar-refractivity contribution in [2.75, 3.05) is 26.4 Å². The van der Waals surface area contributed by atoms with Crippen LogP contribution in [0.5, 0.6) is 5.75 Å². The fourth-order valence-electron chi connectivity index (χ4n) is 2.96. The zero-order valence-corrected chi connectivity index (χ0v) is 16.8. The molecule has 0 heterocycles. The summed E-state index contributed by atoms with van der Waals surface area (Å²) < 4.78 is 5.32. The van der Waals surface area contributed by atoms with E-state index in [-0.39, 0.29) is 30.9 Å². The van der Waals surface area contributed by atoms with Crippen molar-refractivity contribution in [3.8, 4) is 5.75 Å². The molecule has 5 nitrogen and oxygen atoms in total. The van der Waals surface area contributed by atoms with Crippen LogP contribution in [0.15, 0.2) is 54.6 Å². The van der Waals surface area contributed by atoms with E-state index >= 15 is 0 Å². The van der Waals surface area contributed by atoms with E-state index < -0.39 is 0 Å². The quantitative estimate of drug-likeness (QED) is 0.514. The highest BCUT2D eigenvalue weighted by Gasteiger charge is 2.18. The number of phenols is 1. The number of nitrogens with zero attached hydrogens (tertiary/aromatic N) is 1. The van der Waals surface area contributed by atoms with Gasteiger partial charge in [0.1, 0.15) is 5.75 Å². The Labute approximate surface area is 166 Å². The normalized spacial score (nSPS) is 11.7. The highest BCUT2D eigenvalue weighted by molar-refractivity contribution is 6.00. The van der Waals surface area contributed by atoms with Crippen LogP contribution in [0.3, 0.4) is 0 Å². The molecule has 0 saturated heterocycles. The summed E-state index contributed by atoms with van der Waals surface area (Å²) in [6.07, 6.45) is 1.58. The number of benzene rings is 2. The number of aliphatic hydroxyl groups excluding tert-OH is 1. The van der Waals surface area contributed by atoms with E-state index in [0.29, 0.717) is 24.3 Å². The molecule has 0 saturated carbocycles. The fourth-order valence-corrected chi connectivity index (χ4v) is 2.96. The Morgan fingerprint density at radius 3 is 2.50 bits per heavy atom. The minimum atomic E-state index is -0.151. The Morgan fingerprint density at radius 1 is 1.14 bits per heavy atom. The first kappa shape index (κ1) is 21.7. The molecule has 0 aliphatic rings. The molecule has 0 aliphatic heterocycles. The lowest BCUT2D eigenvalue weighted by molar-refractivity contribution is -0.128. The first-order valence-electron chi connectivity index (χ1n) is 9.50. The number of carbonyl (C=O) groups excluding carboxylic acids is 1. The van der Waals surface area contributed by atoms with Crippen LogP contribution in [0.2, 0.25) is 0 Å². The minimum Gasteiger partial charge on any atom is -0.507 e. The lowest BCUT2D eigenvalue weighted by atomic mass is 9.95. The van der Waals surface area contributed by atoms with Crippen molar-refractivity contribution in [3.05, 3.63) is 71.3 Å². The summed E-state index contributed by atoms with van der Waals surface area (Å²) in [5.74, 6) is -0.0155. The van der Waals surface area contributed by atoms with E-state index in [1.54, 1.807) is 17.0 Å². The van der Waals surface area contributed by atoms with E-state index in [0.717, 1.165) is 11.1 Å². The molecule has 0 radical (unpaired) electrons. The van der Waals surface area contributed by atoms with Gasteiger partial charge in [-0.1, -0.05) is 42.0 Å². The van der Waals surface area contributed by atoms with Gasteiger partial charge in [-0.25, -0.2) is 0 Å². The first-order valence-corrected chi connectivity index (χ1v) is 9.50. The second kappa shape index (κ2) is 10.6. The number of aliphatic hydroxyl groups is 1. The highest BCUT2D eigenvalue weighted by atomic mass is 16.5. The van der Waals surface area contributed by atoms with Crippen LogP contribution >= 0.6 is 0 Å². The molecule has 0 unspecified atom stereocenters. The smallest absolute Gasteiger partial charge is 0.247 e. The van der Waals surface area contributed by atoms with E-state index in [9.17, 15) is 9.90 Å². The van der Waals surface area contributed by atoms with Crippen LogP contribution in [0.4, 0.5) is 0 Å². The maximum Gasteiger partial charge on any atom is 0.247 e. The molecule has 28 heavy (non-hydrogen) atoms. The van der Waals surface area contributed by atoms with Gasteiger partial charge in [-0.2, -0.15) is 0 Å². The van der Waals surface area contributed by atoms with Crippen molar-refractivity contribution < 1.29 is 19.7 Å². The van der Waals surface area contributed by atoms with E-state index in [2.05, 4.69) is 0 Å². The first-order chi connectivity index (χ1) is 13.4. The van der Waals surface area contributed by atoms with Gasteiger partial charge in [-0.3, -0.25) is 4.79 Å². The average Bonchev–Trinajstić information content (AvgIpc) is 2.68. The van der Waals surface area contributed by atoms with Crippen molar-refractivity contribution in [2.45, 2.75) is 26.8 Å². The maximum absolute atomic E-state index is 13.1. The third kappa shape index (κ3) is 5.94. The third-order valence-corrected chi connectivity index (χ3v) is 4.41. The summed E-state index contributed by atoms with van der Waals surface area (Å²) in [6.45, 7) is 6.84. The summed E-state index contributed by atoms with van der Waals surface area (Å²) in [5.41, 5.74) is 3.16. The standard InChI is InChI=1S/C23H29NO4/c1-17(2)24(11-13-28-14-12-25)23(27)16-20(19-7-5-4-6-8-19)21-15-18(3)9-10-22(21)26/h4-10,15-17,25-26H,11-14H2,1-3H3. The Balaban J connectivity index is 2.40. The molecular weight excluding hydrogens is 354 g/mol. The molecule has 2 N–H and O–H groups in total. The summed E-state index contributed by atoms with van der Waals surface area (Å²) in [4.78, 5) is 14.8. The largest absolute Gasteiger partial charge is 0.507 e. The van der Waals surface area contributed by atoms with Crippen molar-refractivity contribution in [3.63, 3.8) is 0 Å². The zero-order valence-electron chi connectivity index (χ0n) is 16.8. The molecule has 0 atom stereocenters. The second-order valence-electron chi connectivity index (χ2n) is 6.91. The van der Waals surface area contributed by atoms with Gasteiger partial charge in [0.05, 0.1) is 19.8 Å². The molecule has 5 heteroatoms. The van der Waals surface area contributed by atoms with Crippen LogP contribution in [-0.2, 0) is 9.53 Å². The van der Waals surface area contributed by atoms with Crippen molar-refractivity contribution in [2.24, 2.45) is 0 Å². The highest BCUT2D eigenvalue weighted by Crippen LogP contribution is 2.31. The topological polar surface area (TPSA) is 70.0 Å². The molecule has 2 aromatic rings. The van der Waals surface area contributed by atoms with Crippen LogP contribution in [0.25, 0.3) is 5.57 Å². The number of hydrogen-bond acceptors (Lipinski definition) is 4. The number of aryl methyl sites for hydroxylation is 1. The predicted octanol–water partition coefficient (Wildman–Crippen LogP) is 3.38. The van der Waals surface area contributed by atoms with Crippen LogP contribution in [0, 0.1) is 6.92 Å². The third-order valence-electron chi connectivity index (χ3n) is 4.41. The number of phenolic OH excluding ortho intramolecular Hbond substituents is 1. The Hall–Kier alpha value is -2.63. The molecule has 2 aromatic carbocycles. The van der Waals surface area contributed by atoms with Gasteiger partial charge in [0, 0.05) is 24.2 Å². The molecule has 1 amide bonds. The average molecular weight is 383 g/mol. The number of rotatable bonds is 9. The number of ether oxygens (including phenoxy) is 1. The van der Waals surface area contributed by atoms with Crippen LogP contribution in [-0.4, -0.2) is 53.4 Å². The monoisotopic (exact) mass is 383 g/mol. The molecule has 0 aromatic heterocycles. The van der Waals surface area contributed by atoms with Gasteiger partial charge in [0.2, 0.25) is 5.91 Å². The zero-order chi connectivity index (χ0) is 20.5. The van der Waals surface area contributed by atoms with Gasteiger partial charge in [-0.15, -0.1) is 0 Å². The van der Waals surface area contributed by atoms with Gasteiger partial charge >= 0.3 is 0 Å². The molecule has 0 aliphatic carbocycles. The molecule has 150 valence electrons. The van der Waals surface area contributed by atoms with Crippen molar-refractivity contribution in [1.29, 1.82) is 0 Å². The Morgan fingerprint density at radius 2 is 1.86 bits per heavy atom. The van der Waals surface area contributed by atoms with Gasteiger partial charge in [-0.05, 0) is 44.0 Å². The second-order valence-corrected chi connectivity index (χ2v) is 6.91.